The average Bonchev–Trinajstić information content (AvgIpc) is 3.15. The Kier molecular flexibility index (Phi) is 8.91. The number of halogens is 3. The van der Waals surface area contributed by atoms with Gasteiger partial charge in [0, 0.05) is 0 Å². The molecule has 1 aromatic carbocycles. The molecule has 29 heavy (non-hydrogen) atoms. The Morgan fingerprint density at radius 3 is 1.79 bits per heavy atom. The van der Waals surface area contributed by atoms with E-state index in [0.717, 1.165) is 60.2 Å². The summed E-state index contributed by atoms with van der Waals surface area (Å²) < 4.78 is 46.9. The van der Waals surface area contributed by atoms with Gasteiger partial charge in [0.1, 0.15) is 0 Å². The number of nitrogens with two attached hydrogens (primary N) is 1. The van der Waals surface area contributed by atoms with Gasteiger partial charge in [-0.15, -0.1) is 0 Å². The second-order valence-electron chi connectivity index (χ2n) is 8.01. The van der Waals surface area contributed by atoms with E-state index in [2.05, 4.69) is 25.9 Å². The van der Waals surface area contributed by atoms with Gasteiger partial charge in [0.15, 0.2) is 0 Å². The number of rotatable bonds is 11. The van der Waals surface area contributed by atoms with Crippen LogP contribution in [0.5, 0.6) is 0 Å². The van der Waals surface area contributed by atoms with Crippen molar-refractivity contribution in [1.82, 2.24) is 9.78 Å². The number of aromatic nitrogens is 2. The third-order valence-corrected chi connectivity index (χ3v) is 20.7. The first-order chi connectivity index (χ1) is 13.8. The summed E-state index contributed by atoms with van der Waals surface area (Å²) >= 11 is -3.06. The molecule has 0 aliphatic carbocycles. The van der Waals surface area contributed by atoms with Crippen LogP contribution < -0.4 is 9.44 Å². The van der Waals surface area contributed by atoms with E-state index in [1.165, 1.54) is 6.07 Å². The first kappa shape index (κ1) is 24.1. The van der Waals surface area contributed by atoms with Crippen molar-refractivity contribution in [2.45, 2.75) is 78.8 Å². The predicted molar refractivity (Wildman–Crippen MR) is 118 cm³/mol. The third-order valence-electron chi connectivity index (χ3n) is 5.71. The minimum atomic E-state index is -4.44. The van der Waals surface area contributed by atoms with Crippen molar-refractivity contribution in [3.8, 4) is 5.69 Å². The van der Waals surface area contributed by atoms with Crippen LogP contribution >= 0.6 is 0 Å². The number of nitrogens with zero attached hydrogens (tertiary/aromatic N) is 2. The summed E-state index contributed by atoms with van der Waals surface area (Å²) in [7, 11) is 0. The number of nitrogen functional groups attached to an aromatic ring is 1. The van der Waals surface area contributed by atoms with Crippen molar-refractivity contribution >= 4 is 27.8 Å². The zero-order valence-corrected chi connectivity index (χ0v) is 20.7. The van der Waals surface area contributed by atoms with E-state index in [4.69, 9.17) is 5.73 Å². The molecule has 0 unspecified atom stereocenters. The van der Waals surface area contributed by atoms with Crippen molar-refractivity contribution in [2.24, 2.45) is 0 Å². The zero-order valence-electron chi connectivity index (χ0n) is 17.9. The fourth-order valence-corrected chi connectivity index (χ4v) is 19.3. The second-order valence-corrected chi connectivity index (χ2v) is 21.1. The molecule has 0 aliphatic heterocycles. The standard InChI is InChI=1S/C10H7F3N3.3C4H9.Sn/c11-10(12,13)9-5-6-15-16(9)8-3-1-7(14)2-4-8;3*1-3-4-2;/h1-5H,14H2;3*1,3-4H2,2H3;. The Hall–Kier alpha value is -1.18. The van der Waals surface area contributed by atoms with E-state index < -0.39 is 30.2 Å². The Morgan fingerprint density at radius 2 is 1.38 bits per heavy atom. The molecule has 0 bridgehead atoms. The molecule has 0 saturated carbocycles. The summed E-state index contributed by atoms with van der Waals surface area (Å²) in [5.41, 5.74) is 6.00. The first-order valence-electron chi connectivity index (χ1n) is 10.8. The van der Waals surface area contributed by atoms with Gasteiger partial charge in [-0.3, -0.25) is 0 Å². The van der Waals surface area contributed by atoms with Crippen molar-refractivity contribution in [2.75, 3.05) is 5.73 Å². The van der Waals surface area contributed by atoms with Gasteiger partial charge in [-0.1, -0.05) is 0 Å². The van der Waals surface area contributed by atoms with Crippen LogP contribution in [0.25, 0.3) is 5.69 Å². The summed E-state index contributed by atoms with van der Waals surface area (Å²) in [6.45, 7) is 6.47. The van der Waals surface area contributed by atoms with E-state index in [1.54, 1.807) is 24.3 Å². The predicted octanol–water partition coefficient (Wildman–Crippen LogP) is 6.53. The van der Waals surface area contributed by atoms with Gasteiger partial charge in [0.25, 0.3) is 0 Å². The van der Waals surface area contributed by atoms with E-state index in [9.17, 15) is 13.2 Å². The molecule has 2 aromatic rings. The van der Waals surface area contributed by atoms with Crippen LogP contribution in [0, 0.1) is 0 Å². The molecular formula is C22H34F3N3Sn. The van der Waals surface area contributed by atoms with Gasteiger partial charge in [0.2, 0.25) is 0 Å². The Bertz CT molecular complexity index is 732. The van der Waals surface area contributed by atoms with E-state index in [-0.39, 0.29) is 0 Å². The fraction of sp³-hybridized carbons (Fsp3) is 0.591. The first-order valence-corrected chi connectivity index (χ1v) is 18.3. The average molecular weight is 516 g/mol. The number of hydrogen-bond acceptors (Lipinski definition) is 2. The molecule has 162 valence electrons. The monoisotopic (exact) mass is 517 g/mol. The molecule has 2 N–H and O–H groups in total. The molecular weight excluding hydrogens is 482 g/mol. The quantitative estimate of drug-likeness (QED) is 0.273. The molecule has 1 heterocycles. The van der Waals surface area contributed by atoms with Gasteiger partial charge in [-0.2, -0.15) is 0 Å². The van der Waals surface area contributed by atoms with Crippen LogP contribution in [-0.2, 0) is 6.18 Å². The number of hydrogen-bond donors (Lipinski definition) is 1. The normalized spacial score (nSPS) is 12.5. The zero-order chi connectivity index (χ0) is 21.5. The maximum atomic E-state index is 13.9. The van der Waals surface area contributed by atoms with Crippen LogP contribution in [0.1, 0.15) is 65.0 Å². The second kappa shape index (κ2) is 10.7. The van der Waals surface area contributed by atoms with Gasteiger partial charge in [-0.05, 0) is 0 Å². The third kappa shape index (κ3) is 6.15. The minimum absolute atomic E-state index is 0.416. The maximum absolute atomic E-state index is 13.9. The van der Waals surface area contributed by atoms with Crippen LogP contribution in [0.4, 0.5) is 18.9 Å². The van der Waals surface area contributed by atoms with E-state index >= 15 is 0 Å². The topological polar surface area (TPSA) is 43.8 Å². The van der Waals surface area contributed by atoms with Gasteiger partial charge >= 0.3 is 177 Å². The molecule has 0 saturated heterocycles. The molecule has 2 rings (SSSR count). The molecule has 1 aromatic heterocycles. The van der Waals surface area contributed by atoms with E-state index in [1.807, 2.05) is 0 Å². The summed E-state index contributed by atoms with van der Waals surface area (Å²) in [5.74, 6) is 0. The molecule has 0 aliphatic rings. The SMILES string of the molecule is CCC[CH2][Sn]([CH2]CCC)([CH2]CCC)[c]1cc(C(F)(F)F)n(-c2ccc(N)cc2)n1. The van der Waals surface area contributed by atoms with Crippen LogP contribution in [-0.4, -0.2) is 28.2 Å². The molecule has 0 spiro atoms. The van der Waals surface area contributed by atoms with Crippen LogP contribution in [0.15, 0.2) is 30.3 Å². The molecule has 0 radical (unpaired) electrons. The molecule has 0 fully saturated rings. The Labute approximate surface area is 176 Å². The van der Waals surface area contributed by atoms with Gasteiger partial charge < -0.3 is 0 Å². The Morgan fingerprint density at radius 1 is 0.897 bits per heavy atom. The number of unbranched alkanes of at least 4 members (excludes halogenated alkanes) is 3. The van der Waals surface area contributed by atoms with Gasteiger partial charge in [0.05, 0.1) is 0 Å². The molecule has 3 nitrogen and oxygen atoms in total. The van der Waals surface area contributed by atoms with Crippen molar-refractivity contribution in [3.63, 3.8) is 0 Å². The van der Waals surface area contributed by atoms with E-state index in [0.29, 0.717) is 11.4 Å². The van der Waals surface area contributed by atoms with Crippen molar-refractivity contribution in [1.29, 1.82) is 0 Å². The summed E-state index contributed by atoms with van der Waals surface area (Å²) in [4.78, 5) is 0. The Balaban J connectivity index is 2.60. The van der Waals surface area contributed by atoms with Crippen molar-refractivity contribution < 1.29 is 13.2 Å². The molecule has 7 heteroatoms. The number of alkyl halides is 3. The fourth-order valence-electron chi connectivity index (χ4n) is 3.96. The van der Waals surface area contributed by atoms with Gasteiger partial charge in [-0.25, -0.2) is 0 Å². The van der Waals surface area contributed by atoms with Crippen LogP contribution in [0.3, 0.4) is 0 Å². The van der Waals surface area contributed by atoms with Crippen molar-refractivity contribution in [3.05, 3.63) is 36.0 Å². The molecule has 0 amide bonds. The summed E-state index contributed by atoms with van der Waals surface area (Å²) in [5, 5.41) is 4.66. The summed E-state index contributed by atoms with van der Waals surface area (Å²) in [6, 6.07) is 7.86. The number of benzene rings is 1. The molecule has 0 atom stereocenters. The summed E-state index contributed by atoms with van der Waals surface area (Å²) in [6.07, 6.45) is 2.02. The van der Waals surface area contributed by atoms with Crippen LogP contribution in [0.2, 0.25) is 13.3 Å². The number of anilines is 1.